The average Bonchev–Trinajstić information content (AvgIpc) is 2.69. The van der Waals surface area contributed by atoms with Gasteiger partial charge >= 0.3 is 6.01 Å². The number of hydrogen-bond donors (Lipinski definition) is 2. The minimum absolute atomic E-state index is 0.00928. The van der Waals surface area contributed by atoms with Crippen LogP contribution < -0.4 is 15.8 Å². The minimum atomic E-state index is 0.00928. The Kier molecular flexibility index (Phi) is 5.67. The molecule has 1 heterocycles. The predicted octanol–water partition coefficient (Wildman–Crippen LogP) is 4.02. The highest BCUT2D eigenvalue weighted by Crippen LogP contribution is 2.29. The Morgan fingerprint density at radius 3 is 2.34 bits per heavy atom. The number of anilines is 3. The third-order valence-corrected chi connectivity index (χ3v) is 3.93. The van der Waals surface area contributed by atoms with Crippen LogP contribution >= 0.6 is 0 Å². The molecule has 0 saturated heterocycles. The van der Waals surface area contributed by atoms with E-state index in [2.05, 4.69) is 26.3 Å². The number of aryl methyl sites for hydroxylation is 2. The molecule has 142 valence electrons. The van der Waals surface area contributed by atoms with Crippen molar-refractivity contribution in [2.75, 3.05) is 11.1 Å². The van der Waals surface area contributed by atoms with Crippen molar-refractivity contribution in [1.82, 2.24) is 15.0 Å². The fourth-order valence-electron chi connectivity index (χ4n) is 2.70. The van der Waals surface area contributed by atoms with Gasteiger partial charge in [-0.05, 0) is 73.0 Å². The lowest BCUT2D eigenvalue weighted by atomic mass is 10.1. The number of benzene rings is 2. The third kappa shape index (κ3) is 4.85. The molecule has 0 spiro atoms. The van der Waals surface area contributed by atoms with Gasteiger partial charge in [-0.15, -0.1) is 0 Å². The molecule has 0 aliphatic rings. The summed E-state index contributed by atoms with van der Waals surface area (Å²) in [5, 5.41) is 20.6. The largest absolute Gasteiger partial charge is 0.424 e. The van der Waals surface area contributed by atoms with E-state index in [0.29, 0.717) is 17.0 Å². The summed E-state index contributed by atoms with van der Waals surface area (Å²) in [4.78, 5) is 12.4. The van der Waals surface area contributed by atoms with Gasteiger partial charge in [0.15, 0.2) is 0 Å². The monoisotopic (exact) mass is 383 g/mol. The maximum Gasteiger partial charge on any atom is 0.328 e. The van der Waals surface area contributed by atoms with Gasteiger partial charge in [-0.1, -0.05) is 0 Å². The summed E-state index contributed by atoms with van der Waals surface area (Å²) in [5.74, 6) is 0.838. The van der Waals surface area contributed by atoms with E-state index < -0.39 is 0 Å². The maximum atomic E-state index is 8.88. The van der Waals surface area contributed by atoms with E-state index in [1.54, 1.807) is 30.3 Å². The van der Waals surface area contributed by atoms with Crippen molar-refractivity contribution in [2.45, 2.75) is 13.8 Å². The van der Waals surface area contributed by atoms with Crippen LogP contribution in [0.5, 0.6) is 11.8 Å². The summed E-state index contributed by atoms with van der Waals surface area (Å²) < 4.78 is 5.88. The highest BCUT2D eigenvalue weighted by atomic mass is 16.5. The first kappa shape index (κ1) is 19.3. The fourth-order valence-corrected chi connectivity index (χ4v) is 2.70. The lowest BCUT2D eigenvalue weighted by Gasteiger charge is -2.12. The smallest absolute Gasteiger partial charge is 0.328 e. The van der Waals surface area contributed by atoms with Gasteiger partial charge in [0.1, 0.15) is 5.75 Å². The second kappa shape index (κ2) is 8.51. The second-order valence-corrected chi connectivity index (χ2v) is 6.16. The number of aromatic nitrogens is 3. The molecule has 8 heteroatoms. The fraction of sp³-hybridized carbons (Fsp3) is 0.0952. The van der Waals surface area contributed by atoms with E-state index in [1.807, 2.05) is 32.0 Å². The molecule has 1 aromatic heterocycles. The molecule has 0 aliphatic heterocycles. The number of rotatable bonds is 5. The minimum Gasteiger partial charge on any atom is -0.424 e. The van der Waals surface area contributed by atoms with E-state index in [0.717, 1.165) is 16.7 Å². The maximum absolute atomic E-state index is 8.88. The van der Waals surface area contributed by atoms with Crippen molar-refractivity contribution in [3.8, 4) is 23.9 Å². The molecular weight excluding hydrogens is 366 g/mol. The van der Waals surface area contributed by atoms with Crippen molar-refractivity contribution in [1.29, 1.82) is 10.5 Å². The van der Waals surface area contributed by atoms with E-state index in [1.165, 1.54) is 6.08 Å². The Bertz CT molecular complexity index is 1130. The Morgan fingerprint density at radius 2 is 1.72 bits per heavy atom. The molecule has 0 radical (unpaired) electrons. The topological polar surface area (TPSA) is 134 Å². The molecule has 0 fully saturated rings. The molecule has 2 aromatic carbocycles. The van der Waals surface area contributed by atoms with Crippen molar-refractivity contribution in [3.05, 3.63) is 64.7 Å². The van der Waals surface area contributed by atoms with Crippen molar-refractivity contribution in [3.63, 3.8) is 0 Å². The van der Waals surface area contributed by atoms with Crippen LogP contribution in [0, 0.1) is 36.5 Å². The zero-order chi connectivity index (χ0) is 20.8. The molecule has 8 nitrogen and oxygen atoms in total. The molecule has 0 saturated carbocycles. The number of nitrogens with two attached hydrogens (primary N) is 1. The lowest BCUT2D eigenvalue weighted by molar-refractivity contribution is 0.435. The first-order valence-corrected chi connectivity index (χ1v) is 8.62. The first-order valence-electron chi connectivity index (χ1n) is 8.62. The van der Waals surface area contributed by atoms with Crippen LogP contribution in [0.4, 0.5) is 17.6 Å². The van der Waals surface area contributed by atoms with Crippen LogP contribution in [-0.2, 0) is 0 Å². The first-order chi connectivity index (χ1) is 14.0. The number of nitriles is 2. The normalized spacial score (nSPS) is 10.3. The molecule has 29 heavy (non-hydrogen) atoms. The summed E-state index contributed by atoms with van der Waals surface area (Å²) in [7, 11) is 0. The Morgan fingerprint density at radius 1 is 1.03 bits per heavy atom. The highest BCUT2D eigenvalue weighted by Gasteiger charge is 2.12. The molecule has 3 rings (SSSR count). The average molecular weight is 383 g/mol. The Balaban J connectivity index is 1.86. The number of nitrogens with zero attached hydrogens (tertiary/aromatic N) is 5. The van der Waals surface area contributed by atoms with Gasteiger partial charge in [0.25, 0.3) is 0 Å². The summed E-state index contributed by atoms with van der Waals surface area (Å²) in [6.07, 6.45) is 3.15. The number of nitrogen functional groups attached to an aromatic ring is 1. The summed E-state index contributed by atoms with van der Waals surface area (Å²) in [6, 6.07) is 14.7. The Labute approximate surface area is 167 Å². The van der Waals surface area contributed by atoms with Crippen molar-refractivity contribution in [2.24, 2.45) is 0 Å². The third-order valence-electron chi connectivity index (χ3n) is 3.93. The lowest BCUT2D eigenvalue weighted by Crippen LogP contribution is -2.06. The summed E-state index contributed by atoms with van der Waals surface area (Å²) in [6.45, 7) is 3.79. The van der Waals surface area contributed by atoms with Gasteiger partial charge in [0.2, 0.25) is 11.9 Å². The molecule has 0 amide bonds. The molecule has 0 unspecified atom stereocenters. The molecule has 0 aliphatic carbocycles. The quantitative estimate of drug-likeness (QED) is 0.631. The van der Waals surface area contributed by atoms with Crippen LogP contribution in [0.25, 0.3) is 6.08 Å². The van der Waals surface area contributed by atoms with Gasteiger partial charge in [-0.3, -0.25) is 0 Å². The predicted molar refractivity (Wildman–Crippen MR) is 109 cm³/mol. The Hall–Kier alpha value is -4.43. The molecule has 3 N–H and O–H groups in total. The standard InChI is InChI=1S/C21H17N7O/c1-13-10-16(4-3-9-22)11-14(2)18(13)29-21-27-19(24)26-20(28-21)25-17-7-5-15(12-23)6-8-17/h3-8,10-11H,1-2H3,(H3,24,25,26,27,28). The van der Waals surface area contributed by atoms with Crippen LogP contribution in [0.15, 0.2) is 42.5 Å². The van der Waals surface area contributed by atoms with Crippen LogP contribution in [0.1, 0.15) is 22.3 Å². The highest BCUT2D eigenvalue weighted by molar-refractivity contribution is 5.58. The van der Waals surface area contributed by atoms with Crippen molar-refractivity contribution >= 4 is 23.7 Å². The summed E-state index contributed by atoms with van der Waals surface area (Å²) >= 11 is 0. The zero-order valence-corrected chi connectivity index (χ0v) is 15.8. The number of hydrogen-bond acceptors (Lipinski definition) is 8. The van der Waals surface area contributed by atoms with Crippen LogP contribution in [0.3, 0.4) is 0 Å². The van der Waals surface area contributed by atoms with E-state index >= 15 is 0 Å². The SMILES string of the molecule is Cc1cc(C=CC#N)cc(C)c1Oc1nc(N)nc(Nc2ccc(C#N)cc2)n1. The molecule has 3 aromatic rings. The van der Waals surface area contributed by atoms with E-state index in [9.17, 15) is 0 Å². The van der Waals surface area contributed by atoms with Crippen LogP contribution in [0.2, 0.25) is 0 Å². The van der Waals surface area contributed by atoms with E-state index in [-0.39, 0.29) is 17.9 Å². The van der Waals surface area contributed by atoms with E-state index in [4.69, 9.17) is 21.0 Å². The van der Waals surface area contributed by atoms with Gasteiger partial charge in [0.05, 0.1) is 17.7 Å². The van der Waals surface area contributed by atoms with Gasteiger partial charge in [-0.25, -0.2) is 0 Å². The summed E-state index contributed by atoms with van der Waals surface area (Å²) in [5.41, 5.74) is 9.67. The van der Waals surface area contributed by atoms with Gasteiger partial charge in [0, 0.05) is 11.8 Å². The van der Waals surface area contributed by atoms with Gasteiger partial charge < -0.3 is 15.8 Å². The number of nitrogens with one attached hydrogen (secondary N) is 1. The molecule has 0 bridgehead atoms. The number of allylic oxidation sites excluding steroid dienone is 1. The van der Waals surface area contributed by atoms with Crippen molar-refractivity contribution < 1.29 is 4.74 Å². The number of ether oxygens (including phenoxy) is 1. The zero-order valence-electron chi connectivity index (χ0n) is 15.8. The van der Waals surface area contributed by atoms with Crippen LogP contribution in [-0.4, -0.2) is 15.0 Å². The molecular formula is C21H17N7O. The second-order valence-electron chi connectivity index (χ2n) is 6.16. The molecule has 0 atom stereocenters. The van der Waals surface area contributed by atoms with Gasteiger partial charge in [-0.2, -0.15) is 25.5 Å².